The van der Waals surface area contributed by atoms with Crippen molar-refractivity contribution in [1.82, 2.24) is 10.2 Å². The zero-order chi connectivity index (χ0) is 14.1. The lowest BCUT2D eigenvalue weighted by Gasteiger charge is -2.35. The Morgan fingerprint density at radius 3 is 3.24 bits per heavy atom. The number of nitrogens with one attached hydrogen (secondary N) is 1. The molecule has 21 heavy (non-hydrogen) atoms. The highest BCUT2D eigenvalue weighted by atomic mass is 16.5. The van der Waals surface area contributed by atoms with Crippen LogP contribution in [0.3, 0.4) is 0 Å². The maximum Gasteiger partial charge on any atom is 0.122 e. The highest BCUT2D eigenvalue weighted by molar-refractivity contribution is 5.39. The maximum absolute atomic E-state index is 5.57. The van der Waals surface area contributed by atoms with Gasteiger partial charge in [-0.15, -0.1) is 0 Å². The van der Waals surface area contributed by atoms with Gasteiger partial charge in [-0.2, -0.15) is 0 Å². The van der Waals surface area contributed by atoms with Crippen LogP contribution >= 0.6 is 0 Å². The first-order valence-corrected chi connectivity index (χ1v) is 8.60. The summed E-state index contributed by atoms with van der Waals surface area (Å²) in [6.07, 6.45) is 7.74. The minimum absolute atomic E-state index is 0.738. The van der Waals surface area contributed by atoms with E-state index in [0.29, 0.717) is 0 Å². The average Bonchev–Trinajstić information content (AvgIpc) is 3.14. The zero-order valence-electron chi connectivity index (χ0n) is 12.8. The molecule has 2 saturated heterocycles. The number of hydrogen-bond acceptors (Lipinski definition) is 3. The van der Waals surface area contributed by atoms with Crippen molar-refractivity contribution >= 4 is 0 Å². The third-order valence-corrected chi connectivity index (χ3v) is 5.42. The lowest BCUT2D eigenvalue weighted by molar-refractivity contribution is 0.167. The van der Waals surface area contributed by atoms with Crippen LogP contribution in [-0.2, 0) is 12.8 Å². The Hall–Kier alpha value is -1.06. The van der Waals surface area contributed by atoms with E-state index in [1.807, 2.05) is 0 Å². The molecule has 1 aromatic carbocycles. The molecule has 114 valence electrons. The van der Waals surface area contributed by atoms with Crippen molar-refractivity contribution in [2.24, 2.45) is 0 Å². The van der Waals surface area contributed by atoms with Gasteiger partial charge in [-0.3, -0.25) is 0 Å². The zero-order valence-corrected chi connectivity index (χ0v) is 12.8. The van der Waals surface area contributed by atoms with Crippen molar-refractivity contribution in [3.8, 4) is 5.75 Å². The van der Waals surface area contributed by atoms with E-state index in [0.717, 1.165) is 43.8 Å². The van der Waals surface area contributed by atoms with Crippen molar-refractivity contribution in [2.45, 2.75) is 50.6 Å². The Kier molecular flexibility index (Phi) is 3.87. The topological polar surface area (TPSA) is 24.5 Å². The smallest absolute Gasteiger partial charge is 0.122 e. The lowest BCUT2D eigenvalue weighted by atomic mass is 9.97. The van der Waals surface area contributed by atoms with Crippen molar-refractivity contribution in [1.29, 1.82) is 0 Å². The Labute approximate surface area is 127 Å². The first-order valence-electron chi connectivity index (χ1n) is 8.60. The van der Waals surface area contributed by atoms with E-state index in [9.17, 15) is 0 Å². The van der Waals surface area contributed by atoms with Gasteiger partial charge in [0.25, 0.3) is 0 Å². The van der Waals surface area contributed by atoms with Gasteiger partial charge < -0.3 is 15.0 Å². The van der Waals surface area contributed by atoms with Crippen LogP contribution in [0, 0.1) is 0 Å². The predicted octanol–water partition coefficient (Wildman–Crippen LogP) is 2.38. The molecule has 3 nitrogen and oxygen atoms in total. The highest BCUT2D eigenvalue weighted by Crippen LogP contribution is 2.27. The molecule has 0 bridgehead atoms. The van der Waals surface area contributed by atoms with Gasteiger partial charge >= 0.3 is 0 Å². The van der Waals surface area contributed by atoms with Crippen LogP contribution in [0.1, 0.15) is 36.8 Å². The molecule has 3 heteroatoms. The summed E-state index contributed by atoms with van der Waals surface area (Å²) in [5, 5.41) is 3.79. The van der Waals surface area contributed by atoms with Crippen LogP contribution in [0.15, 0.2) is 18.2 Å². The minimum Gasteiger partial charge on any atom is -0.493 e. The molecule has 1 aromatic rings. The molecule has 2 atom stereocenters. The fourth-order valence-corrected chi connectivity index (χ4v) is 4.23. The molecule has 3 aliphatic heterocycles. The first-order chi connectivity index (χ1) is 10.4. The fourth-order valence-electron chi connectivity index (χ4n) is 4.23. The van der Waals surface area contributed by atoms with Crippen LogP contribution in [0.5, 0.6) is 5.75 Å². The Bertz CT molecular complexity index is 502. The molecule has 0 saturated carbocycles. The van der Waals surface area contributed by atoms with Crippen LogP contribution in [0.25, 0.3) is 0 Å². The van der Waals surface area contributed by atoms with Gasteiger partial charge in [0.15, 0.2) is 0 Å². The number of rotatable bonds is 4. The number of piperidine rings is 1. The molecular formula is C18H26N2O. The molecule has 0 aliphatic carbocycles. The van der Waals surface area contributed by atoms with Gasteiger partial charge in [0, 0.05) is 18.5 Å². The predicted molar refractivity (Wildman–Crippen MR) is 85.0 cm³/mol. The summed E-state index contributed by atoms with van der Waals surface area (Å²) in [5.41, 5.74) is 2.84. The minimum atomic E-state index is 0.738. The van der Waals surface area contributed by atoms with E-state index in [2.05, 4.69) is 28.4 Å². The molecule has 4 rings (SSSR count). The van der Waals surface area contributed by atoms with Crippen LogP contribution in [0.2, 0.25) is 0 Å². The molecule has 1 N–H and O–H groups in total. The van der Waals surface area contributed by atoms with Gasteiger partial charge in [-0.05, 0) is 68.9 Å². The fraction of sp³-hybridized carbons (Fsp3) is 0.667. The summed E-state index contributed by atoms with van der Waals surface area (Å²) >= 11 is 0. The number of fused-ring (bicyclic) bond motifs is 2. The SMILES string of the molecule is c1cc2c(cc1CCNC1CCN3CCCC3C1)CCO2. The normalized spacial score (nSPS) is 28.2. The average molecular weight is 286 g/mol. The second kappa shape index (κ2) is 5.98. The number of nitrogens with zero attached hydrogens (tertiary/aromatic N) is 1. The number of benzene rings is 1. The van der Waals surface area contributed by atoms with Gasteiger partial charge in [0.2, 0.25) is 0 Å². The molecule has 2 unspecified atom stereocenters. The van der Waals surface area contributed by atoms with E-state index in [1.54, 1.807) is 0 Å². The molecule has 2 fully saturated rings. The second-order valence-corrected chi connectivity index (χ2v) is 6.80. The van der Waals surface area contributed by atoms with Crippen molar-refractivity contribution in [2.75, 3.05) is 26.2 Å². The molecule has 0 aromatic heterocycles. The molecule has 0 amide bonds. The van der Waals surface area contributed by atoms with Crippen molar-refractivity contribution in [3.63, 3.8) is 0 Å². The van der Waals surface area contributed by atoms with Gasteiger partial charge in [-0.1, -0.05) is 12.1 Å². The number of hydrogen-bond donors (Lipinski definition) is 1. The summed E-state index contributed by atoms with van der Waals surface area (Å²) < 4.78 is 5.57. The van der Waals surface area contributed by atoms with Crippen molar-refractivity contribution in [3.05, 3.63) is 29.3 Å². The van der Waals surface area contributed by atoms with E-state index in [-0.39, 0.29) is 0 Å². The molecule has 3 aliphatic rings. The standard InChI is InChI=1S/C18H26N2O/c1-2-17-13-16(6-10-20(17)9-1)19-8-5-14-3-4-18-15(12-14)7-11-21-18/h3-4,12,16-17,19H,1-2,5-11,13H2. The second-order valence-electron chi connectivity index (χ2n) is 6.80. The van der Waals surface area contributed by atoms with Crippen molar-refractivity contribution < 1.29 is 4.74 Å². The van der Waals surface area contributed by atoms with E-state index >= 15 is 0 Å². The summed E-state index contributed by atoms with van der Waals surface area (Å²) in [6, 6.07) is 8.32. The molecule has 3 heterocycles. The van der Waals surface area contributed by atoms with Crippen LogP contribution in [-0.4, -0.2) is 43.2 Å². The maximum atomic E-state index is 5.57. The van der Waals surface area contributed by atoms with E-state index in [1.165, 1.54) is 49.9 Å². The summed E-state index contributed by atoms with van der Waals surface area (Å²) in [6.45, 7) is 4.61. The highest BCUT2D eigenvalue weighted by Gasteiger charge is 2.31. The monoisotopic (exact) mass is 286 g/mol. The van der Waals surface area contributed by atoms with Crippen LogP contribution < -0.4 is 10.1 Å². The Balaban J connectivity index is 1.26. The summed E-state index contributed by atoms with van der Waals surface area (Å²) in [5.74, 6) is 1.10. The molecule has 0 spiro atoms. The summed E-state index contributed by atoms with van der Waals surface area (Å²) in [7, 11) is 0. The Morgan fingerprint density at radius 2 is 2.24 bits per heavy atom. The van der Waals surface area contributed by atoms with Gasteiger partial charge in [0.05, 0.1) is 6.61 Å². The third kappa shape index (κ3) is 2.95. The van der Waals surface area contributed by atoms with E-state index in [4.69, 9.17) is 4.74 Å². The molecule has 0 radical (unpaired) electrons. The van der Waals surface area contributed by atoms with Gasteiger partial charge in [0.1, 0.15) is 5.75 Å². The molecular weight excluding hydrogens is 260 g/mol. The van der Waals surface area contributed by atoms with Gasteiger partial charge in [-0.25, -0.2) is 0 Å². The number of ether oxygens (including phenoxy) is 1. The largest absolute Gasteiger partial charge is 0.493 e. The lowest BCUT2D eigenvalue weighted by Crippen LogP contribution is -2.46. The van der Waals surface area contributed by atoms with Crippen LogP contribution in [0.4, 0.5) is 0 Å². The quantitative estimate of drug-likeness (QED) is 0.920. The summed E-state index contributed by atoms with van der Waals surface area (Å²) in [4.78, 5) is 2.69. The van der Waals surface area contributed by atoms with E-state index < -0.39 is 0 Å². The first kappa shape index (κ1) is 13.6. The Morgan fingerprint density at radius 1 is 1.24 bits per heavy atom. The third-order valence-electron chi connectivity index (χ3n) is 5.42.